The van der Waals surface area contributed by atoms with Crippen LogP contribution in [0.5, 0.6) is 0 Å². The number of carbonyl (C=O) groups is 5. The van der Waals surface area contributed by atoms with Crippen molar-refractivity contribution in [3.05, 3.63) is 130 Å². The van der Waals surface area contributed by atoms with Gasteiger partial charge in [0.05, 0.1) is 23.1 Å². The van der Waals surface area contributed by atoms with E-state index in [1.807, 2.05) is 24.3 Å². The summed E-state index contributed by atoms with van der Waals surface area (Å²) in [5.41, 5.74) is 5.97. The van der Waals surface area contributed by atoms with Crippen molar-refractivity contribution in [1.82, 2.24) is 0 Å². The number of Topliss-reactive ketones (excluding diaryl/α,β-unsaturated/α-hetero) is 1. The summed E-state index contributed by atoms with van der Waals surface area (Å²) in [5, 5.41) is 2.61. The third-order valence-corrected chi connectivity index (χ3v) is 8.72. The SMILES string of the molecule is CC(=O)c1ccc(NC(=O)COC(=O)c2ccc(N3C(=O)[C@@H]4C5c6ccccc6C(c6ccccc65)[C@H]4C3=O)cc2)cc1. The lowest BCUT2D eigenvalue weighted by atomic mass is 9.55. The van der Waals surface area contributed by atoms with Crippen molar-refractivity contribution < 1.29 is 28.7 Å². The van der Waals surface area contributed by atoms with Crippen LogP contribution in [0, 0.1) is 11.8 Å². The van der Waals surface area contributed by atoms with E-state index in [9.17, 15) is 24.0 Å². The molecule has 212 valence electrons. The number of imide groups is 1. The molecule has 43 heavy (non-hydrogen) atoms. The van der Waals surface area contributed by atoms with Crippen molar-refractivity contribution in [2.75, 3.05) is 16.8 Å². The maximum atomic E-state index is 13.9. The molecule has 0 radical (unpaired) electrons. The van der Waals surface area contributed by atoms with Crippen molar-refractivity contribution in [3.63, 3.8) is 0 Å². The lowest BCUT2D eigenvalue weighted by Gasteiger charge is -2.45. The Kier molecular flexibility index (Phi) is 6.27. The fourth-order valence-corrected chi connectivity index (χ4v) is 6.88. The fourth-order valence-electron chi connectivity index (χ4n) is 6.88. The molecule has 1 aliphatic heterocycles. The minimum absolute atomic E-state index is 0.0853. The molecule has 4 aromatic carbocycles. The van der Waals surface area contributed by atoms with E-state index in [0.29, 0.717) is 16.9 Å². The third kappa shape index (κ3) is 4.25. The second kappa shape index (κ2) is 10.2. The zero-order chi connectivity index (χ0) is 29.8. The van der Waals surface area contributed by atoms with Crippen LogP contribution in [0.2, 0.25) is 0 Å². The summed E-state index contributed by atoms with van der Waals surface area (Å²) < 4.78 is 5.16. The van der Waals surface area contributed by atoms with Crippen LogP contribution < -0.4 is 10.2 Å². The first-order chi connectivity index (χ1) is 20.8. The molecule has 2 atom stereocenters. The first-order valence-corrected chi connectivity index (χ1v) is 14.1. The molecule has 1 fully saturated rings. The van der Waals surface area contributed by atoms with Gasteiger partial charge < -0.3 is 10.1 Å². The van der Waals surface area contributed by atoms with Gasteiger partial charge in [-0.3, -0.25) is 19.2 Å². The highest BCUT2D eigenvalue weighted by atomic mass is 16.5. The molecular weight excluding hydrogens is 544 g/mol. The number of ether oxygens (including phenoxy) is 1. The van der Waals surface area contributed by atoms with Gasteiger partial charge in [-0.1, -0.05) is 48.5 Å². The highest BCUT2D eigenvalue weighted by molar-refractivity contribution is 6.23. The van der Waals surface area contributed by atoms with Crippen LogP contribution in [0.3, 0.4) is 0 Å². The van der Waals surface area contributed by atoms with E-state index in [4.69, 9.17) is 4.74 Å². The molecule has 4 aromatic rings. The van der Waals surface area contributed by atoms with Crippen molar-refractivity contribution in [3.8, 4) is 0 Å². The minimum atomic E-state index is -0.717. The molecule has 2 bridgehead atoms. The Morgan fingerprint density at radius 1 is 0.674 bits per heavy atom. The lowest BCUT2D eigenvalue weighted by Crippen LogP contribution is -2.41. The molecule has 0 saturated carbocycles. The van der Waals surface area contributed by atoms with Gasteiger partial charge in [-0.25, -0.2) is 9.69 Å². The number of rotatable bonds is 6. The average molecular weight is 571 g/mol. The molecule has 1 heterocycles. The van der Waals surface area contributed by atoms with Crippen molar-refractivity contribution in [2.24, 2.45) is 11.8 Å². The molecule has 8 rings (SSSR count). The van der Waals surface area contributed by atoms with Gasteiger partial charge in [0.25, 0.3) is 5.91 Å². The van der Waals surface area contributed by atoms with Crippen LogP contribution in [0.25, 0.3) is 0 Å². The maximum Gasteiger partial charge on any atom is 0.338 e. The van der Waals surface area contributed by atoms with Crippen LogP contribution in [0.4, 0.5) is 11.4 Å². The summed E-state index contributed by atoms with van der Waals surface area (Å²) in [7, 11) is 0. The lowest BCUT2D eigenvalue weighted by molar-refractivity contribution is -0.122. The Morgan fingerprint density at radius 3 is 1.60 bits per heavy atom. The Morgan fingerprint density at radius 2 is 1.14 bits per heavy atom. The van der Waals surface area contributed by atoms with Gasteiger partial charge >= 0.3 is 5.97 Å². The first kappa shape index (κ1) is 26.5. The number of amides is 3. The van der Waals surface area contributed by atoms with Gasteiger partial charge in [0.1, 0.15) is 0 Å². The van der Waals surface area contributed by atoms with Crippen LogP contribution in [-0.4, -0.2) is 36.1 Å². The van der Waals surface area contributed by atoms with Crippen LogP contribution in [0.1, 0.15) is 61.7 Å². The maximum absolute atomic E-state index is 13.9. The Balaban J connectivity index is 1.06. The van der Waals surface area contributed by atoms with Gasteiger partial charge in [-0.05, 0) is 77.7 Å². The van der Waals surface area contributed by atoms with E-state index < -0.39 is 30.3 Å². The largest absolute Gasteiger partial charge is 0.452 e. The van der Waals surface area contributed by atoms with E-state index in [-0.39, 0.29) is 35.0 Å². The predicted molar refractivity (Wildman–Crippen MR) is 158 cm³/mol. The summed E-state index contributed by atoms with van der Waals surface area (Å²) in [6.07, 6.45) is 0. The minimum Gasteiger partial charge on any atom is -0.452 e. The molecular formula is C35H26N2O6. The number of benzene rings is 4. The van der Waals surface area contributed by atoms with E-state index in [1.165, 1.54) is 24.0 Å². The van der Waals surface area contributed by atoms with Gasteiger partial charge in [0, 0.05) is 23.1 Å². The topological polar surface area (TPSA) is 110 Å². The Hall–Kier alpha value is -5.37. The molecule has 0 unspecified atom stereocenters. The normalized spacial score (nSPS) is 21.1. The predicted octanol–water partition coefficient (Wildman–Crippen LogP) is 5.08. The number of ketones is 1. The van der Waals surface area contributed by atoms with E-state index in [2.05, 4.69) is 29.6 Å². The monoisotopic (exact) mass is 570 g/mol. The quantitative estimate of drug-likeness (QED) is 0.197. The zero-order valence-corrected chi connectivity index (χ0v) is 23.2. The smallest absolute Gasteiger partial charge is 0.338 e. The van der Waals surface area contributed by atoms with Crippen molar-refractivity contribution in [2.45, 2.75) is 18.8 Å². The molecule has 0 aromatic heterocycles. The molecule has 8 nitrogen and oxygen atoms in total. The average Bonchev–Trinajstić information content (AvgIpc) is 3.30. The molecule has 1 N–H and O–H groups in total. The van der Waals surface area contributed by atoms with E-state index in [0.717, 1.165) is 22.3 Å². The Bertz CT molecular complexity index is 1710. The molecule has 3 aliphatic carbocycles. The van der Waals surface area contributed by atoms with Gasteiger partial charge in [0.2, 0.25) is 11.8 Å². The van der Waals surface area contributed by atoms with Gasteiger partial charge in [-0.2, -0.15) is 0 Å². The highest BCUT2D eigenvalue weighted by Gasteiger charge is 2.61. The first-order valence-electron chi connectivity index (χ1n) is 14.1. The van der Waals surface area contributed by atoms with Gasteiger partial charge in [0.15, 0.2) is 12.4 Å². The van der Waals surface area contributed by atoms with Crippen LogP contribution in [0.15, 0.2) is 97.1 Å². The summed E-state index contributed by atoms with van der Waals surface area (Å²) >= 11 is 0. The number of anilines is 2. The number of nitrogens with zero attached hydrogens (tertiary/aromatic N) is 1. The fraction of sp³-hybridized carbons (Fsp3) is 0.171. The molecule has 0 spiro atoms. The van der Waals surface area contributed by atoms with E-state index in [1.54, 1.807) is 36.4 Å². The summed E-state index contributed by atoms with van der Waals surface area (Å²) in [5.74, 6) is -3.20. The molecule has 8 heteroatoms. The second-order valence-corrected chi connectivity index (χ2v) is 11.1. The molecule has 3 amide bonds. The second-order valence-electron chi connectivity index (χ2n) is 11.1. The summed E-state index contributed by atoms with van der Waals surface area (Å²) in [4.78, 5) is 65.4. The van der Waals surface area contributed by atoms with E-state index >= 15 is 0 Å². The standard InChI is InChI=1S/C35H26N2O6/c1-19(38)20-10-14-22(15-11-20)36-28(39)18-43-35(42)21-12-16-23(17-13-21)37-33(40)31-29-24-6-2-3-7-25(24)30(32(31)34(37)41)27-9-5-4-8-26(27)29/h2-17,29-32H,18H2,1H3,(H,36,39)/t29?,30?,31-,32-/m1/s1. The number of hydrogen-bond donors (Lipinski definition) is 1. The van der Waals surface area contributed by atoms with Crippen molar-refractivity contribution in [1.29, 1.82) is 0 Å². The van der Waals surface area contributed by atoms with Gasteiger partial charge in [-0.15, -0.1) is 0 Å². The zero-order valence-electron chi connectivity index (χ0n) is 23.2. The molecule has 1 saturated heterocycles. The third-order valence-electron chi connectivity index (χ3n) is 8.72. The Labute approximate surface area is 247 Å². The summed E-state index contributed by atoms with van der Waals surface area (Å²) in [6.45, 7) is 0.944. The van der Waals surface area contributed by atoms with Crippen molar-refractivity contribution >= 4 is 40.8 Å². The number of hydrogen-bond acceptors (Lipinski definition) is 6. The molecule has 4 aliphatic rings. The number of nitrogens with one attached hydrogen (secondary N) is 1. The number of carbonyl (C=O) groups excluding carboxylic acids is 5. The van der Waals surface area contributed by atoms with Crippen LogP contribution in [-0.2, 0) is 19.1 Å². The number of esters is 1. The highest BCUT2D eigenvalue weighted by Crippen LogP contribution is 2.61. The van der Waals surface area contributed by atoms with Crippen LogP contribution >= 0.6 is 0 Å². The summed E-state index contributed by atoms with van der Waals surface area (Å²) in [6, 6.07) is 28.6.